The largest absolute Gasteiger partial charge is 0.342 e. The zero-order chi connectivity index (χ0) is 14.2. The predicted octanol–water partition coefficient (Wildman–Crippen LogP) is 4.96. The molecule has 1 N–H and O–H groups in total. The molecule has 4 rings (SSSR count). The van der Waals surface area contributed by atoms with Crippen LogP contribution in [0.4, 0.5) is 0 Å². The summed E-state index contributed by atoms with van der Waals surface area (Å²) < 4.78 is 0. The first-order chi connectivity index (χ1) is 10.3. The number of aromatic amines is 1. The predicted molar refractivity (Wildman–Crippen MR) is 87.9 cm³/mol. The Morgan fingerprint density at radius 3 is 2.52 bits per heavy atom. The highest BCUT2D eigenvalue weighted by Crippen LogP contribution is 2.22. The molecular weight excluding hydrogens is 280 g/mol. The van der Waals surface area contributed by atoms with Crippen molar-refractivity contribution in [1.82, 2.24) is 9.97 Å². The van der Waals surface area contributed by atoms with E-state index in [0.29, 0.717) is 0 Å². The van der Waals surface area contributed by atoms with Gasteiger partial charge in [-0.1, -0.05) is 48.0 Å². The van der Waals surface area contributed by atoms with E-state index in [2.05, 4.69) is 46.4 Å². The Kier molecular flexibility index (Phi) is 2.90. The van der Waals surface area contributed by atoms with Gasteiger partial charge in [0.1, 0.15) is 5.82 Å². The molecule has 0 saturated carbocycles. The fourth-order valence-corrected chi connectivity index (χ4v) is 2.89. The smallest absolute Gasteiger partial charge is 0.111 e. The van der Waals surface area contributed by atoms with Crippen molar-refractivity contribution < 1.29 is 0 Å². The fourth-order valence-electron chi connectivity index (χ4n) is 2.67. The van der Waals surface area contributed by atoms with Gasteiger partial charge in [-0.25, -0.2) is 4.98 Å². The number of hydrogen-bond donors (Lipinski definition) is 1. The quantitative estimate of drug-likeness (QED) is 0.556. The highest BCUT2D eigenvalue weighted by Gasteiger charge is 2.05. The Hall–Kier alpha value is -2.32. The van der Waals surface area contributed by atoms with Gasteiger partial charge in [0.25, 0.3) is 0 Å². The van der Waals surface area contributed by atoms with Gasteiger partial charge in [-0.3, -0.25) is 0 Å². The summed E-state index contributed by atoms with van der Waals surface area (Å²) in [7, 11) is 0. The summed E-state index contributed by atoms with van der Waals surface area (Å²) in [6, 6.07) is 20.5. The number of H-pyrrole nitrogens is 1. The molecule has 0 saturated heterocycles. The van der Waals surface area contributed by atoms with Crippen LogP contribution in [-0.4, -0.2) is 9.97 Å². The van der Waals surface area contributed by atoms with E-state index < -0.39 is 0 Å². The number of fused-ring (bicyclic) bond motifs is 2. The first-order valence-electron chi connectivity index (χ1n) is 6.90. The van der Waals surface area contributed by atoms with Crippen molar-refractivity contribution in [3.8, 4) is 0 Å². The van der Waals surface area contributed by atoms with Crippen LogP contribution in [0.3, 0.4) is 0 Å². The summed E-state index contributed by atoms with van der Waals surface area (Å²) in [6.07, 6.45) is 0.756. The molecule has 2 nitrogen and oxygen atoms in total. The average molecular weight is 293 g/mol. The van der Waals surface area contributed by atoms with E-state index in [9.17, 15) is 0 Å². The third kappa shape index (κ3) is 2.39. The molecule has 0 aliphatic carbocycles. The minimum absolute atomic E-state index is 0.756. The van der Waals surface area contributed by atoms with Crippen LogP contribution < -0.4 is 0 Å². The van der Waals surface area contributed by atoms with Crippen molar-refractivity contribution in [1.29, 1.82) is 0 Å². The molecule has 0 atom stereocenters. The van der Waals surface area contributed by atoms with Crippen LogP contribution in [0.2, 0.25) is 5.02 Å². The molecule has 0 radical (unpaired) electrons. The summed E-state index contributed by atoms with van der Waals surface area (Å²) in [6.45, 7) is 0. The normalized spacial score (nSPS) is 11.3. The lowest BCUT2D eigenvalue weighted by atomic mass is 10.1. The minimum atomic E-state index is 0.756. The third-order valence-electron chi connectivity index (χ3n) is 3.66. The Labute approximate surface area is 127 Å². The molecule has 0 fully saturated rings. The number of benzene rings is 3. The van der Waals surface area contributed by atoms with E-state index >= 15 is 0 Å². The number of aromatic nitrogens is 2. The average Bonchev–Trinajstić information content (AvgIpc) is 2.85. The molecule has 102 valence electrons. The van der Waals surface area contributed by atoms with Crippen molar-refractivity contribution in [3.05, 3.63) is 77.1 Å². The molecule has 3 heteroatoms. The fraction of sp³-hybridized carbons (Fsp3) is 0.0556. The molecule has 0 bridgehead atoms. The van der Waals surface area contributed by atoms with E-state index in [1.807, 2.05) is 24.3 Å². The highest BCUT2D eigenvalue weighted by atomic mass is 35.5. The molecule has 3 aromatic carbocycles. The second-order valence-corrected chi connectivity index (χ2v) is 5.64. The SMILES string of the molecule is Clc1cccc(Cc2nc3cc4ccccc4cc3[nH]2)c1. The van der Waals surface area contributed by atoms with Crippen molar-refractivity contribution in [3.63, 3.8) is 0 Å². The summed E-state index contributed by atoms with van der Waals surface area (Å²) in [5.41, 5.74) is 3.24. The van der Waals surface area contributed by atoms with Gasteiger partial charge >= 0.3 is 0 Å². The molecular formula is C18H13ClN2. The van der Waals surface area contributed by atoms with Gasteiger partial charge in [0.05, 0.1) is 11.0 Å². The van der Waals surface area contributed by atoms with Gasteiger partial charge < -0.3 is 4.98 Å². The van der Waals surface area contributed by atoms with E-state index in [0.717, 1.165) is 33.9 Å². The van der Waals surface area contributed by atoms with Crippen LogP contribution >= 0.6 is 11.6 Å². The maximum absolute atomic E-state index is 6.03. The Morgan fingerprint density at radius 1 is 0.905 bits per heavy atom. The third-order valence-corrected chi connectivity index (χ3v) is 3.89. The molecule has 0 spiro atoms. The monoisotopic (exact) mass is 292 g/mol. The number of imidazole rings is 1. The Balaban J connectivity index is 1.78. The second kappa shape index (κ2) is 4.90. The van der Waals surface area contributed by atoms with Crippen molar-refractivity contribution >= 4 is 33.4 Å². The van der Waals surface area contributed by atoms with Crippen LogP contribution in [0.25, 0.3) is 21.8 Å². The van der Waals surface area contributed by atoms with Crippen LogP contribution in [-0.2, 0) is 6.42 Å². The zero-order valence-electron chi connectivity index (χ0n) is 11.3. The van der Waals surface area contributed by atoms with E-state index in [1.54, 1.807) is 0 Å². The van der Waals surface area contributed by atoms with Gasteiger partial charge in [-0.05, 0) is 40.6 Å². The molecule has 1 heterocycles. The van der Waals surface area contributed by atoms with Gasteiger partial charge in [-0.2, -0.15) is 0 Å². The summed E-state index contributed by atoms with van der Waals surface area (Å²) in [4.78, 5) is 8.09. The lowest BCUT2D eigenvalue weighted by molar-refractivity contribution is 1.04. The second-order valence-electron chi connectivity index (χ2n) is 5.21. The standard InChI is InChI=1S/C18H13ClN2/c19-15-7-3-4-12(8-15)9-18-20-16-10-13-5-1-2-6-14(13)11-17(16)21-18/h1-8,10-11H,9H2,(H,20,21). The van der Waals surface area contributed by atoms with Gasteiger partial charge in [0, 0.05) is 11.4 Å². The van der Waals surface area contributed by atoms with Crippen molar-refractivity contribution in [2.24, 2.45) is 0 Å². The van der Waals surface area contributed by atoms with Crippen LogP contribution in [0.1, 0.15) is 11.4 Å². The Morgan fingerprint density at radius 2 is 1.71 bits per heavy atom. The van der Waals surface area contributed by atoms with Crippen molar-refractivity contribution in [2.45, 2.75) is 6.42 Å². The lowest BCUT2D eigenvalue weighted by Gasteiger charge is -1.98. The molecule has 21 heavy (non-hydrogen) atoms. The van der Waals surface area contributed by atoms with Crippen LogP contribution in [0.5, 0.6) is 0 Å². The topological polar surface area (TPSA) is 28.7 Å². The molecule has 1 aromatic heterocycles. The molecule has 0 unspecified atom stereocenters. The number of hydrogen-bond acceptors (Lipinski definition) is 1. The highest BCUT2D eigenvalue weighted by molar-refractivity contribution is 6.30. The first-order valence-corrected chi connectivity index (χ1v) is 7.27. The molecule has 4 aromatic rings. The Bertz CT molecular complexity index is 888. The molecule has 0 amide bonds. The maximum atomic E-state index is 6.03. The first kappa shape index (κ1) is 12.4. The molecule has 0 aliphatic heterocycles. The van der Waals surface area contributed by atoms with E-state index in [-0.39, 0.29) is 0 Å². The maximum Gasteiger partial charge on any atom is 0.111 e. The summed E-state index contributed by atoms with van der Waals surface area (Å²) in [5, 5.41) is 3.20. The van der Waals surface area contributed by atoms with Crippen molar-refractivity contribution in [2.75, 3.05) is 0 Å². The number of halogens is 1. The van der Waals surface area contributed by atoms with Gasteiger partial charge in [-0.15, -0.1) is 0 Å². The van der Waals surface area contributed by atoms with Crippen LogP contribution in [0, 0.1) is 0 Å². The molecule has 0 aliphatic rings. The zero-order valence-corrected chi connectivity index (χ0v) is 12.1. The lowest BCUT2D eigenvalue weighted by Crippen LogP contribution is -1.90. The summed E-state index contributed by atoms with van der Waals surface area (Å²) >= 11 is 6.03. The van der Waals surface area contributed by atoms with Crippen LogP contribution in [0.15, 0.2) is 60.7 Å². The summed E-state index contributed by atoms with van der Waals surface area (Å²) in [5.74, 6) is 0.961. The van der Waals surface area contributed by atoms with Gasteiger partial charge in [0.15, 0.2) is 0 Å². The number of nitrogens with one attached hydrogen (secondary N) is 1. The number of rotatable bonds is 2. The van der Waals surface area contributed by atoms with E-state index in [1.165, 1.54) is 10.8 Å². The minimum Gasteiger partial charge on any atom is -0.342 e. The van der Waals surface area contributed by atoms with Gasteiger partial charge in [0.2, 0.25) is 0 Å². The number of nitrogens with zero attached hydrogens (tertiary/aromatic N) is 1. The van der Waals surface area contributed by atoms with E-state index in [4.69, 9.17) is 11.6 Å².